The quantitative estimate of drug-likeness (QED) is 0.492. The summed E-state index contributed by atoms with van der Waals surface area (Å²) in [7, 11) is -3.94. The summed E-state index contributed by atoms with van der Waals surface area (Å²) in [6, 6.07) is 16.6. The second-order valence-electron chi connectivity index (χ2n) is 7.30. The Labute approximate surface area is 188 Å². The van der Waals surface area contributed by atoms with Crippen LogP contribution < -0.4 is 14.8 Å². The minimum Gasteiger partial charge on any atom is -0.494 e. The Morgan fingerprint density at radius 3 is 2.47 bits per heavy atom. The van der Waals surface area contributed by atoms with Crippen LogP contribution in [0.4, 0.5) is 0 Å². The van der Waals surface area contributed by atoms with Gasteiger partial charge in [0, 0.05) is 18.9 Å². The monoisotopic (exact) mass is 453 g/mol. The standard InChI is InChI=1S/C24H27N3O4S/c1-3-31-23-12-11-21(14-18(23)2)32(29,30)27-22(15-19-8-5-4-6-9-19)24(28)26-17-20-10-7-13-25-16-20/h4-14,16,22,27H,3,15,17H2,1-2H3,(H,26,28)/t22-/m1/s1. The lowest BCUT2D eigenvalue weighted by Crippen LogP contribution is -2.47. The smallest absolute Gasteiger partial charge is 0.241 e. The molecule has 0 saturated heterocycles. The predicted octanol–water partition coefficient (Wildman–Crippen LogP) is 2.99. The lowest BCUT2D eigenvalue weighted by atomic mass is 10.1. The second-order valence-corrected chi connectivity index (χ2v) is 9.02. The number of aromatic nitrogens is 1. The van der Waals surface area contributed by atoms with Gasteiger partial charge in [-0.05, 0) is 61.2 Å². The third kappa shape index (κ3) is 6.38. The van der Waals surface area contributed by atoms with Crippen LogP contribution in [-0.4, -0.2) is 32.0 Å². The van der Waals surface area contributed by atoms with Gasteiger partial charge in [0.05, 0.1) is 11.5 Å². The van der Waals surface area contributed by atoms with Crippen LogP contribution in [-0.2, 0) is 27.8 Å². The number of sulfonamides is 1. The Morgan fingerprint density at radius 1 is 1.06 bits per heavy atom. The molecule has 0 spiro atoms. The molecule has 7 nitrogen and oxygen atoms in total. The number of rotatable bonds is 10. The van der Waals surface area contributed by atoms with Crippen LogP contribution in [0.3, 0.4) is 0 Å². The molecule has 1 heterocycles. The molecule has 0 unspecified atom stereocenters. The lowest BCUT2D eigenvalue weighted by molar-refractivity contribution is -0.122. The Hall–Kier alpha value is -3.23. The van der Waals surface area contributed by atoms with Gasteiger partial charge in [0.15, 0.2) is 0 Å². The first kappa shape index (κ1) is 23.4. The summed E-state index contributed by atoms with van der Waals surface area (Å²) in [5.74, 6) is 0.213. The molecule has 2 N–H and O–H groups in total. The maximum atomic E-state index is 13.1. The zero-order valence-corrected chi connectivity index (χ0v) is 18.9. The number of amides is 1. The Kier molecular flexibility index (Phi) is 7.97. The second kappa shape index (κ2) is 10.9. The average molecular weight is 454 g/mol. The topological polar surface area (TPSA) is 97.4 Å². The number of nitrogens with zero attached hydrogens (tertiary/aromatic N) is 1. The zero-order chi connectivity index (χ0) is 23.0. The number of hydrogen-bond acceptors (Lipinski definition) is 5. The fraction of sp³-hybridized carbons (Fsp3) is 0.250. The molecule has 0 saturated carbocycles. The molecule has 0 aliphatic rings. The fourth-order valence-electron chi connectivity index (χ4n) is 3.21. The Balaban J connectivity index is 1.80. The summed E-state index contributed by atoms with van der Waals surface area (Å²) >= 11 is 0. The average Bonchev–Trinajstić information content (AvgIpc) is 2.79. The van der Waals surface area contributed by atoms with Gasteiger partial charge >= 0.3 is 0 Å². The van der Waals surface area contributed by atoms with Gasteiger partial charge in [0.25, 0.3) is 0 Å². The van der Waals surface area contributed by atoms with Crippen LogP contribution in [0.2, 0.25) is 0 Å². The maximum absolute atomic E-state index is 13.1. The van der Waals surface area contributed by atoms with Gasteiger partial charge in [-0.2, -0.15) is 4.72 Å². The number of nitrogens with one attached hydrogen (secondary N) is 2. The largest absolute Gasteiger partial charge is 0.494 e. The highest BCUT2D eigenvalue weighted by Crippen LogP contribution is 2.22. The van der Waals surface area contributed by atoms with Crippen molar-refractivity contribution in [2.45, 2.75) is 37.8 Å². The van der Waals surface area contributed by atoms with E-state index in [-0.39, 0.29) is 17.9 Å². The SMILES string of the molecule is CCOc1ccc(S(=O)(=O)N[C@H](Cc2ccccc2)C(=O)NCc2cccnc2)cc1C. The van der Waals surface area contributed by atoms with Crippen molar-refractivity contribution in [3.8, 4) is 5.75 Å². The third-order valence-electron chi connectivity index (χ3n) is 4.84. The summed E-state index contributed by atoms with van der Waals surface area (Å²) in [5, 5.41) is 2.80. The molecule has 1 atom stereocenters. The molecule has 32 heavy (non-hydrogen) atoms. The molecule has 1 amide bonds. The van der Waals surface area contributed by atoms with Crippen LogP contribution >= 0.6 is 0 Å². The van der Waals surface area contributed by atoms with Crippen molar-refractivity contribution in [3.05, 3.63) is 89.7 Å². The van der Waals surface area contributed by atoms with Gasteiger partial charge < -0.3 is 10.1 Å². The van der Waals surface area contributed by atoms with Crippen molar-refractivity contribution in [2.75, 3.05) is 6.61 Å². The van der Waals surface area contributed by atoms with Gasteiger partial charge in [-0.15, -0.1) is 0 Å². The molecule has 0 fully saturated rings. The summed E-state index contributed by atoms with van der Waals surface area (Å²) in [5.41, 5.74) is 2.37. The summed E-state index contributed by atoms with van der Waals surface area (Å²) in [4.78, 5) is 17.1. The molecular formula is C24H27N3O4S. The van der Waals surface area contributed by atoms with E-state index in [4.69, 9.17) is 4.74 Å². The van der Waals surface area contributed by atoms with E-state index in [2.05, 4.69) is 15.0 Å². The normalized spacial score (nSPS) is 12.2. The van der Waals surface area contributed by atoms with Crippen LogP contribution in [0.15, 0.2) is 78.0 Å². The lowest BCUT2D eigenvalue weighted by Gasteiger charge is -2.19. The number of benzene rings is 2. The summed E-state index contributed by atoms with van der Waals surface area (Å²) < 4.78 is 34.3. The van der Waals surface area contributed by atoms with E-state index in [1.807, 2.05) is 43.3 Å². The Bertz CT molecular complexity index is 1140. The van der Waals surface area contributed by atoms with Crippen LogP contribution in [0.1, 0.15) is 23.6 Å². The van der Waals surface area contributed by atoms with Crippen molar-refractivity contribution in [2.24, 2.45) is 0 Å². The summed E-state index contributed by atoms with van der Waals surface area (Å²) in [6.07, 6.45) is 3.52. The fourth-order valence-corrected chi connectivity index (χ4v) is 4.49. The zero-order valence-electron chi connectivity index (χ0n) is 18.1. The van der Waals surface area contributed by atoms with Gasteiger partial charge in [0.1, 0.15) is 11.8 Å². The van der Waals surface area contributed by atoms with E-state index in [0.29, 0.717) is 17.9 Å². The minimum atomic E-state index is -3.94. The van der Waals surface area contributed by atoms with Crippen molar-refractivity contribution in [3.63, 3.8) is 0 Å². The van der Waals surface area contributed by atoms with Crippen LogP contribution in [0.5, 0.6) is 5.75 Å². The van der Waals surface area contributed by atoms with Gasteiger partial charge in [-0.25, -0.2) is 8.42 Å². The highest BCUT2D eigenvalue weighted by atomic mass is 32.2. The number of carbonyl (C=O) groups excluding carboxylic acids is 1. The van der Waals surface area contributed by atoms with Crippen molar-refractivity contribution in [1.82, 2.24) is 15.0 Å². The van der Waals surface area contributed by atoms with Crippen molar-refractivity contribution in [1.29, 1.82) is 0 Å². The first-order valence-electron chi connectivity index (χ1n) is 10.4. The number of ether oxygens (including phenoxy) is 1. The highest BCUT2D eigenvalue weighted by Gasteiger charge is 2.26. The van der Waals surface area contributed by atoms with Crippen molar-refractivity contribution >= 4 is 15.9 Å². The summed E-state index contributed by atoms with van der Waals surface area (Å²) in [6.45, 7) is 4.39. The molecule has 8 heteroatoms. The number of carbonyl (C=O) groups is 1. The van der Waals surface area contributed by atoms with E-state index < -0.39 is 22.0 Å². The highest BCUT2D eigenvalue weighted by molar-refractivity contribution is 7.89. The molecule has 0 aliphatic heterocycles. The van der Waals surface area contributed by atoms with E-state index in [0.717, 1.165) is 11.1 Å². The van der Waals surface area contributed by atoms with E-state index in [9.17, 15) is 13.2 Å². The molecular weight excluding hydrogens is 426 g/mol. The molecule has 0 bridgehead atoms. The van der Waals surface area contributed by atoms with E-state index >= 15 is 0 Å². The number of aryl methyl sites for hydroxylation is 1. The first-order valence-corrected chi connectivity index (χ1v) is 11.8. The van der Waals surface area contributed by atoms with Gasteiger partial charge in [0.2, 0.25) is 15.9 Å². The van der Waals surface area contributed by atoms with Gasteiger partial charge in [-0.3, -0.25) is 9.78 Å². The number of hydrogen-bond donors (Lipinski definition) is 2. The molecule has 168 valence electrons. The molecule has 1 aromatic heterocycles. The predicted molar refractivity (Wildman–Crippen MR) is 123 cm³/mol. The molecule has 3 rings (SSSR count). The van der Waals surface area contributed by atoms with Crippen molar-refractivity contribution < 1.29 is 17.9 Å². The molecule has 0 aliphatic carbocycles. The molecule has 3 aromatic rings. The van der Waals surface area contributed by atoms with Crippen LogP contribution in [0, 0.1) is 6.92 Å². The maximum Gasteiger partial charge on any atom is 0.241 e. The van der Waals surface area contributed by atoms with Crippen LogP contribution in [0.25, 0.3) is 0 Å². The molecule has 2 aromatic carbocycles. The third-order valence-corrected chi connectivity index (χ3v) is 6.31. The van der Waals surface area contributed by atoms with E-state index in [1.165, 1.54) is 6.07 Å². The molecule has 0 radical (unpaired) electrons. The van der Waals surface area contributed by atoms with E-state index in [1.54, 1.807) is 37.5 Å². The first-order chi connectivity index (χ1) is 15.4. The minimum absolute atomic E-state index is 0.0802. The Morgan fingerprint density at radius 2 is 1.81 bits per heavy atom. The number of pyridine rings is 1. The van der Waals surface area contributed by atoms with Gasteiger partial charge in [-0.1, -0.05) is 36.4 Å².